The van der Waals surface area contributed by atoms with E-state index in [2.05, 4.69) is 10.1 Å². The van der Waals surface area contributed by atoms with Crippen molar-refractivity contribution in [2.45, 2.75) is 25.7 Å². The van der Waals surface area contributed by atoms with Gasteiger partial charge >= 0.3 is 6.36 Å². The summed E-state index contributed by atoms with van der Waals surface area (Å²) in [5.74, 6) is -1.07. The van der Waals surface area contributed by atoms with Crippen LogP contribution in [0.15, 0.2) is 24.3 Å². The molecule has 0 aliphatic carbocycles. The van der Waals surface area contributed by atoms with Gasteiger partial charge in [0.1, 0.15) is 17.8 Å². The second-order valence-corrected chi connectivity index (χ2v) is 5.11. The van der Waals surface area contributed by atoms with Crippen LogP contribution in [0.4, 0.5) is 18.9 Å². The van der Waals surface area contributed by atoms with E-state index in [0.29, 0.717) is 5.69 Å². The van der Waals surface area contributed by atoms with Crippen LogP contribution >= 0.6 is 0 Å². The van der Waals surface area contributed by atoms with E-state index in [-0.39, 0.29) is 24.1 Å². The molecular weight excluding hydrogens is 289 g/mol. The fourth-order valence-corrected chi connectivity index (χ4v) is 2.03. The normalized spacial score (nSPS) is 18.4. The first-order chi connectivity index (χ1) is 9.58. The van der Waals surface area contributed by atoms with Crippen molar-refractivity contribution in [1.29, 1.82) is 0 Å². The van der Waals surface area contributed by atoms with Gasteiger partial charge in [-0.3, -0.25) is 9.59 Å². The van der Waals surface area contributed by atoms with Crippen molar-refractivity contribution in [2.24, 2.45) is 0 Å². The van der Waals surface area contributed by atoms with Gasteiger partial charge in [-0.15, -0.1) is 13.2 Å². The molecule has 2 rings (SSSR count). The minimum Gasteiger partial charge on any atom is -0.406 e. The van der Waals surface area contributed by atoms with E-state index < -0.39 is 11.9 Å². The molecule has 0 radical (unpaired) electrons. The average Bonchev–Trinajstić information content (AvgIpc) is 2.32. The molecule has 8 heteroatoms. The zero-order chi connectivity index (χ0) is 15.8. The number of halogens is 3. The van der Waals surface area contributed by atoms with Crippen molar-refractivity contribution >= 4 is 17.5 Å². The molecule has 1 aliphatic heterocycles. The summed E-state index contributed by atoms with van der Waals surface area (Å²) in [4.78, 5) is 25.0. The summed E-state index contributed by atoms with van der Waals surface area (Å²) >= 11 is 0. The number of alkyl halides is 3. The Bertz CT molecular complexity index is 567. The van der Waals surface area contributed by atoms with Gasteiger partial charge in [0.25, 0.3) is 5.91 Å². The van der Waals surface area contributed by atoms with Crippen LogP contribution in [0.25, 0.3) is 0 Å². The van der Waals surface area contributed by atoms with Gasteiger partial charge in [0, 0.05) is 5.69 Å². The minimum atomic E-state index is -4.77. The SMILES string of the molecule is CC1(C)NC(=O)CN(c2ccc(OC(F)(F)F)cc2)C1=O. The number of hydrogen-bond donors (Lipinski definition) is 1. The lowest BCUT2D eigenvalue weighted by molar-refractivity contribution is -0.274. The van der Waals surface area contributed by atoms with Gasteiger partial charge < -0.3 is 15.0 Å². The van der Waals surface area contributed by atoms with E-state index >= 15 is 0 Å². The molecule has 1 aliphatic rings. The molecule has 0 bridgehead atoms. The molecule has 0 unspecified atom stereocenters. The van der Waals surface area contributed by atoms with Crippen LogP contribution in [0.5, 0.6) is 5.75 Å². The van der Waals surface area contributed by atoms with Crippen LogP contribution in [-0.2, 0) is 9.59 Å². The van der Waals surface area contributed by atoms with E-state index in [0.717, 1.165) is 12.1 Å². The van der Waals surface area contributed by atoms with Crippen LogP contribution < -0.4 is 15.0 Å². The number of piperazine rings is 1. The van der Waals surface area contributed by atoms with Crippen LogP contribution in [0.2, 0.25) is 0 Å². The molecular formula is C13H13F3N2O3. The highest BCUT2D eigenvalue weighted by atomic mass is 19.4. The molecule has 0 atom stereocenters. The fraction of sp³-hybridized carbons (Fsp3) is 0.385. The predicted octanol–water partition coefficient (Wildman–Crippen LogP) is 1.83. The molecule has 114 valence electrons. The van der Waals surface area contributed by atoms with Crippen molar-refractivity contribution in [3.8, 4) is 5.75 Å². The summed E-state index contributed by atoms with van der Waals surface area (Å²) in [5.41, 5.74) is -0.728. The zero-order valence-electron chi connectivity index (χ0n) is 11.3. The van der Waals surface area contributed by atoms with E-state index in [1.165, 1.54) is 17.0 Å². The summed E-state index contributed by atoms with van der Waals surface area (Å²) in [6, 6.07) is 4.78. The summed E-state index contributed by atoms with van der Waals surface area (Å²) in [6.45, 7) is 2.93. The molecule has 1 fully saturated rings. The number of rotatable bonds is 2. The van der Waals surface area contributed by atoms with Gasteiger partial charge in [-0.1, -0.05) is 0 Å². The quantitative estimate of drug-likeness (QED) is 0.906. The smallest absolute Gasteiger partial charge is 0.406 e. The Morgan fingerprint density at radius 3 is 2.29 bits per heavy atom. The standard InChI is InChI=1S/C13H13F3N2O3/c1-12(2)11(20)18(7-10(19)17-12)8-3-5-9(6-4-8)21-13(14,15)16/h3-6H,7H2,1-2H3,(H,17,19). The van der Waals surface area contributed by atoms with Crippen molar-refractivity contribution in [1.82, 2.24) is 5.32 Å². The molecule has 1 N–H and O–H groups in total. The molecule has 0 spiro atoms. The average molecular weight is 302 g/mol. The van der Waals surface area contributed by atoms with Crippen LogP contribution in [0.3, 0.4) is 0 Å². The lowest BCUT2D eigenvalue weighted by Gasteiger charge is -2.37. The van der Waals surface area contributed by atoms with Crippen molar-refractivity contribution in [3.05, 3.63) is 24.3 Å². The molecule has 5 nitrogen and oxygen atoms in total. The zero-order valence-corrected chi connectivity index (χ0v) is 11.3. The largest absolute Gasteiger partial charge is 0.573 e. The molecule has 1 heterocycles. The highest BCUT2D eigenvalue weighted by Crippen LogP contribution is 2.27. The first kappa shape index (κ1) is 15.1. The van der Waals surface area contributed by atoms with E-state index in [4.69, 9.17) is 0 Å². The summed E-state index contributed by atoms with van der Waals surface area (Å²) < 4.78 is 40.0. The second-order valence-electron chi connectivity index (χ2n) is 5.11. The first-order valence-corrected chi connectivity index (χ1v) is 6.07. The minimum absolute atomic E-state index is 0.179. The number of carbonyl (C=O) groups excluding carboxylic acids is 2. The topological polar surface area (TPSA) is 58.6 Å². The van der Waals surface area contributed by atoms with Crippen LogP contribution in [-0.4, -0.2) is 30.3 Å². The van der Waals surface area contributed by atoms with Crippen LogP contribution in [0, 0.1) is 0 Å². The number of nitrogens with one attached hydrogen (secondary N) is 1. The third kappa shape index (κ3) is 3.45. The number of hydrogen-bond acceptors (Lipinski definition) is 3. The highest BCUT2D eigenvalue weighted by Gasteiger charge is 2.39. The number of benzene rings is 1. The highest BCUT2D eigenvalue weighted by molar-refractivity contribution is 6.08. The van der Waals surface area contributed by atoms with Gasteiger partial charge in [0.2, 0.25) is 5.91 Å². The number of carbonyl (C=O) groups is 2. The predicted molar refractivity (Wildman–Crippen MR) is 67.7 cm³/mol. The maximum Gasteiger partial charge on any atom is 0.573 e. The molecule has 1 aromatic carbocycles. The van der Waals surface area contributed by atoms with E-state index in [1.807, 2.05) is 0 Å². The van der Waals surface area contributed by atoms with Crippen molar-refractivity contribution in [2.75, 3.05) is 11.4 Å². The number of anilines is 1. The van der Waals surface area contributed by atoms with E-state index in [9.17, 15) is 22.8 Å². The van der Waals surface area contributed by atoms with Gasteiger partial charge in [0.15, 0.2) is 0 Å². The number of nitrogens with zero attached hydrogens (tertiary/aromatic N) is 1. The third-order valence-electron chi connectivity index (χ3n) is 2.92. The lowest BCUT2D eigenvalue weighted by atomic mass is 10.00. The van der Waals surface area contributed by atoms with Gasteiger partial charge in [-0.05, 0) is 38.1 Å². The maximum absolute atomic E-state index is 12.2. The molecule has 2 amide bonds. The van der Waals surface area contributed by atoms with E-state index in [1.54, 1.807) is 13.8 Å². The molecule has 0 aromatic heterocycles. The van der Waals surface area contributed by atoms with Gasteiger partial charge in [-0.25, -0.2) is 0 Å². The van der Waals surface area contributed by atoms with Gasteiger partial charge in [0.05, 0.1) is 0 Å². The maximum atomic E-state index is 12.2. The van der Waals surface area contributed by atoms with Crippen LogP contribution in [0.1, 0.15) is 13.8 Å². The summed E-state index contributed by atoms with van der Waals surface area (Å²) in [6.07, 6.45) is -4.77. The summed E-state index contributed by atoms with van der Waals surface area (Å²) in [7, 11) is 0. The Labute approximate surface area is 118 Å². The molecule has 1 saturated heterocycles. The molecule has 0 saturated carbocycles. The lowest BCUT2D eigenvalue weighted by Crippen LogP contribution is -2.64. The molecule has 1 aromatic rings. The van der Waals surface area contributed by atoms with Crippen molar-refractivity contribution in [3.63, 3.8) is 0 Å². The second kappa shape index (κ2) is 4.94. The number of ether oxygens (including phenoxy) is 1. The monoisotopic (exact) mass is 302 g/mol. The number of amides is 2. The Kier molecular flexibility index (Phi) is 3.56. The Morgan fingerprint density at radius 2 is 1.76 bits per heavy atom. The Morgan fingerprint density at radius 1 is 1.19 bits per heavy atom. The fourth-order valence-electron chi connectivity index (χ4n) is 2.03. The Balaban J connectivity index is 2.22. The van der Waals surface area contributed by atoms with Gasteiger partial charge in [-0.2, -0.15) is 0 Å². The Hall–Kier alpha value is -2.25. The summed E-state index contributed by atoms with van der Waals surface area (Å²) in [5, 5.41) is 2.54. The van der Waals surface area contributed by atoms with Crippen molar-refractivity contribution < 1.29 is 27.5 Å². The third-order valence-corrected chi connectivity index (χ3v) is 2.92. The first-order valence-electron chi connectivity index (χ1n) is 6.07. The molecule has 21 heavy (non-hydrogen) atoms.